The van der Waals surface area contributed by atoms with Gasteiger partial charge in [0.25, 0.3) is 0 Å². The standard InChI is InChI=1S/C15H25N3/c1-13(2)17-12-14-11-16-8-7-15(14)18-9-5-3-4-6-10-18/h7-8,11,13,17H,3-6,9-10,12H2,1-2H3. The number of hydrogen-bond acceptors (Lipinski definition) is 3. The second kappa shape index (κ2) is 6.74. The fraction of sp³-hybridized carbons (Fsp3) is 0.667. The number of rotatable bonds is 4. The average molecular weight is 247 g/mol. The number of nitrogens with one attached hydrogen (secondary N) is 1. The SMILES string of the molecule is CC(C)NCc1cnccc1N1CCCCCC1. The van der Waals surface area contributed by atoms with Crippen molar-refractivity contribution < 1.29 is 0 Å². The maximum absolute atomic E-state index is 4.27. The average Bonchev–Trinajstić information content (AvgIpc) is 2.65. The van der Waals surface area contributed by atoms with Crippen LogP contribution in [-0.4, -0.2) is 24.1 Å². The van der Waals surface area contributed by atoms with Crippen LogP contribution in [0.2, 0.25) is 0 Å². The molecule has 0 radical (unpaired) electrons. The van der Waals surface area contributed by atoms with Crippen LogP contribution in [0.1, 0.15) is 45.1 Å². The summed E-state index contributed by atoms with van der Waals surface area (Å²) in [4.78, 5) is 6.81. The largest absolute Gasteiger partial charge is 0.371 e. The molecule has 0 saturated carbocycles. The van der Waals surface area contributed by atoms with Gasteiger partial charge in [-0.2, -0.15) is 0 Å². The fourth-order valence-corrected chi connectivity index (χ4v) is 2.49. The van der Waals surface area contributed by atoms with Crippen molar-refractivity contribution in [3.8, 4) is 0 Å². The summed E-state index contributed by atoms with van der Waals surface area (Å²) >= 11 is 0. The molecule has 0 aliphatic carbocycles. The zero-order chi connectivity index (χ0) is 12.8. The van der Waals surface area contributed by atoms with E-state index in [1.165, 1.54) is 50.0 Å². The van der Waals surface area contributed by atoms with E-state index in [9.17, 15) is 0 Å². The minimum Gasteiger partial charge on any atom is -0.371 e. The number of aromatic nitrogens is 1. The van der Waals surface area contributed by atoms with Crippen LogP contribution < -0.4 is 10.2 Å². The first-order valence-electron chi connectivity index (χ1n) is 7.18. The van der Waals surface area contributed by atoms with Gasteiger partial charge in [-0.25, -0.2) is 0 Å². The lowest BCUT2D eigenvalue weighted by atomic mass is 10.2. The molecular formula is C15H25N3. The van der Waals surface area contributed by atoms with Gasteiger partial charge in [0.1, 0.15) is 0 Å². The van der Waals surface area contributed by atoms with Gasteiger partial charge in [-0.05, 0) is 18.9 Å². The summed E-state index contributed by atoms with van der Waals surface area (Å²) in [5.41, 5.74) is 2.70. The highest BCUT2D eigenvalue weighted by Gasteiger charge is 2.13. The summed E-state index contributed by atoms with van der Waals surface area (Å²) in [6.07, 6.45) is 9.32. The van der Waals surface area contributed by atoms with E-state index < -0.39 is 0 Å². The van der Waals surface area contributed by atoms with E-state index in [1.807, 2.05) is 12.4 Å². The van der Waals surface area contributed by atoms with Gasteiger partial charge < -0.3 is 10.2 Å². The third kappa shape index (κ3) is 3.70. The molecule has 1 saturated heterocycles. The van der Waals surface area contributed by atoms with Crippen LogP contribution in [0.3, 0.4) is 0 Å². The van der Waals surface area contributed by atoms with E-state index in [-0.39, 0.29) is 0 Å². The van der Waals surface area contributed by atoms with Crippen LogP contribution >= 0.6 is 0 Å². The molecule has 0 unspecified atom stereocenters. The zero-order valence-corrected chi connectivity index (χ0v) is 11.7. The van der Waals surface area contributed by atoms with Crippen LogP contribution in [0, 0.1) is 0 Å². The van der Waals surface area contributed by atoms with Crippen molar-refractivity contribution in [2.45, 2.75) is 52.1 Å². The molecule has 1 aromatic heterocycles. The smallest absolute Gasteiger partial charge is 0.0442 e. The van der Waals surface area contributed by atoms with E-state index in [1.54, 1.807) is 0 Å². The van der Waals surface area contributed by atoms with Crippen molar-refractivity contribution in [2.75, 3.05) is 18.0 Å². The Labute approximate surface area is 111 Å². The molecule has 0 atom stereocenters. The number of anilines is 1. The highest BCUT2D eigenvalue weighted by atomic mass is 15.1. The Morgan fingerprint density at radius 1 is 1.22 bits per heavy atom. The summed E-state index contributed by atoms with van der Waals surface area (Å²) in [7, 11) is 0. The van der Waals surface area contributed by atoms with Crippen LogP contribution in [0.25, 0.3) is 0 Å². The molecule has 1 aliphatic rings. The van der Waals surface area contributed by atoms with Crippen molar-refractivity contribution in [1.29, 1.82) is 0 Å². The monoisotopic (exact) mass is 247 g/mol. The molecule has 3 heteroatoms. The lowest BCUT2D eigenvalue weighted by Crippen LogP contribution is -2.28. The van der Waals surface area contributed by atoms with Crippen LogP contribution in [-0.2, 0) is 6.54 Å². The highest BCUT2D eigenvalue weighted by Crippen LogP contribution is 2.22. The third-order valence-corrected chi connectivity index (χ3v) is 3.53. The maximum Gasteiger partial charge on any atom is 0.0442 e. The third-order valence-electron chi connectivity index (χ3n) is 3.53. The summed E-state index contributed by atoms with van der Waals surface area (Å²) < 4.78 is 0. The first-order chi connectivity index (χ1) is 8.77. The van der Waals surface area contributed by atoms with Crippen molar-refractivity contribution >= 4 is 5.69 Å². The van der Waals surface area contributed by atoms with Gasteiger partial charge in [0.15, 0.2) is 0 Å². The van der Waals surface area contributed by atoms with E-state index in [4.69, 9.17) is 0 Å². The second-order valence-corrected chi connectivity index (χ2v) is 5.44. The van der Waals surface area contributed by atoms with Gasteiger partial charge >= 0.3 is 0 Å². The molecule has 3 nitrogen and oxygen atoms in total. The van der Waals surface area contributed by atoms with E-state index in [2.05, 4.69) is 35.1 Å². The Hall–Kier alpha value is -1.09. The molecule has 100 valence electrons. The van der Waals surface area contributed by atoms with Gasteiger partial charge in [0.05, 0.1) is 0 Å². The lowest BCUT2D eigenvalue weighted by molar-refractivity contribution is 0.586. The fourth-order valence-electron chi connectivity index (χ4n) is 2.49. The number of hydrogen-bond donors (Lipinski definition) is 1. The first-order valence-corrected chi connectivity index (χ1v) is 7.18. The Balaban J connectivity index is 2.09. The van der Waals surface area contributed by atoms with Crippen molar-refractivity contribution in [3.63, 3.8) is 0 Å². The van der Waals surface area contributed by atoms with E-state index in [0.717, 1.165) is 6.54 Å². The molecule has 2 heterocycles. The molecule has 0 spiro atoms. The number of nitrogens with zero attached hydrogens (tertiary/aromatic N) is 2. The Morgan fingerprint density at radius 3 is 2.61 bits per heavy atom. The van der Waals surface area contributed by atoms with Crippen LogP contribution in [0.15, 0.2) is 18.5 Å². The molecule has 1 aromatic rings. The quantitative estimate of drug-likeness (QED) is 0.886. The van der Waals surface area contributed by atoms with Gasteiger partial charge in [-0.1, -0.05) is 26.7 Å². The van der Waals surface area contributed by atoms with E-state index in [0.29, 0.717) is 6.04 Å². The highest BCUT2D eigenvalue weighted by molar-refractivity contribution is 5.52. The number of pyridine rings is 1. The molecular weight excluding hydrogens is 222 g/mol. The van der Waals surface area contributed by atoms with Crippen molar-refractivity contribution in [1.82, 2.24) is 10.3 Å². The summed E-state index contributed by atoms with van der Waals surface area (Å²) in [5.74, 6) is 0. The molecule has 0 amide bonds. The van der Waals surface area contributed by atoms with Gasteiger partial charge in [0.2, 0.25) is 0 Å². The van der Waals surface area contributed by atoms with Crippen molar-refractivity contribution in [2.24, 2.45) is 0 Å². The zero-order valence-electron chi connectivity index (χ0n) is 11.7. The summed E-state index contributed by atoms with van der Waals surface area (Å²) in [5, 5.41) is 3.49. The predicted octanol–water partition coefficient (Wildman–Crippen LogP) is 2.96. The molecule has 2 rings (SSSR count). The normalized spacial score (nSPS) is 16.9. The van der Waals surface area contributed by atoms with Gasteiger partial charge in [-0.15, -0.1) is 0 Å². The second-order valence-electron chi connectivity index (χ2n) is 5.44. The summed E-state index contributed by atoms with van der Waals surface area (Å²) in [6.45, 7) is 7.67. The minimum atomic E-state index is 0.516. The van der Waals surface area contributed by atoms with Crippen LogP contribution in [0.5, 0.6) is 0 Å². The molecule has 18 heavy (non-hydrogen) atoms. The Kier molecular flexibility index (Phi) is 5.00. The maximum atomic E-state index is 4.27. The Bertz CT molecular complexity index is 355. The first kappa shape index (κ1) is 13.3. The van der Waals surface area contributed by atoms with Gasteiger partial charge in [0, 0.05) is 49.3 Å². The lowest BCUT2D eigenvalue weighted by Gasteiger charge is -2.25. The Morgan fingerprint density at radius 2 is 1.94 bits per heavy atom. The molecule has 1 aliphatic heterocycles. The van der Waals surface area contributed by atoms with Crippen LogP contribution in [0.4, 0.5) is 5.69 Å². The molecule has 0 bridgehead atoms. The molecule has 1 fully saturated rings. The van der Waals surface area contributed by atoms with Gasteiger partial charge in [-0.3, -0.25) is 4.98 Å². The summed E-state index contributed by atoms with van der Waals surface area (Å²) in [6, 6.07) is 2.69. The molecule has 1 N–H and O–H groups in total. The predicted molar refractivity (Wildman–Crippen MR) is 76.9 cm³/mol. The minimum absolute atomic E-state index is 0.516. The molecule has 0 aromatic carbocycles. The van der Waals surface area contributed by atoms with E-state index >= 15 is 0 Å². The topological polar surface area (TPSA) is 28.2 Å². The van der Waals surface area contributed by atoms with Crippen molar-refractivity contribution in [3.05, 3.63) is 24.0 Å².